The Morgan fingerprint density at radius 2 is 0.286 bits per heavy atom. The van der Waals surface area contributed by atoms with Gasteiger partial charge in [0.25, 0.3) is 0 Å². The molecule has 0 heterocycles. The number of amides is 15. The molecule has 0 aliphatic heterocycles. The SMILES string of the molecule is CCC(=O)CCCCCCCC(=O)CN(CC(=O)NCCCCCCC(=O)NC)CC(=O)NCCCCCCC(=O)NC.CCC(=O)CN(CC(=O)CC)CC(=O)NC.CNC(=O)CCCCC(=O)CN(CC(=O)NCCCC(=O)NC)CC(=O)NCCCC(=O)NC.CNC(=O)CCCCCCC(=O)CN(CC(=O)NCCCCCC(=O)NC)CC(=O)NCCCCCC(=O)NC. The molecule has 15 amide bonds. The van der Waals surface area contributed by atoms with Crippen LogP contribution in [-0.2, 0) is 101 Å². The molecule has 0 radical (unpaired) electrons. The van der Waals surface area contributed by atoms with E-state index in [9.17, 15) is 101 Å². The summed E-state index contributed by atoms with van der Waals surface area (Å²) in [5.74, 6) is -1.89. The Bertz CT molecular complexity index is 3030. The van der Waals surface area contributed by atoms with Crippen LogP contribution in [0.3, 0.4) is 0 Å². The van der Waals surface area contributed by atoms with Gasteiger partial charge in [-0.05, 0) is 103 Å². The van der Waals surface area contributed by atoms with Crippen molar-refractivity contribution in [2.75, 3.05) is 181 Å². The fourth-order valence-corrected chi connectivity index (χ4v) is 12.7. The second-order valence-corrected chi connectivity index (χ2v) is 32.6. The molecule has 0 atom stereocenters. The molecule has 0 spiro atoms. The van der Waals surface area contributed by atoms with Crippen molar-refractivity contribution in [3.63, 3.8) is 0 Å². The summed E-state index contributed by atoms with van der Waals surface area (Å²) in [7, 11) is 14.2. The molecule has 133 heavy (non-hydrogen) atoms. The molecule has 0 aliphatic carbocycles. The third-order valence-electron chi connectivity index (χ3n) is 20.8. The average molecular weight is 1890 g/mol. The fraction of sp³-hybridized carbons (Fsp3) is 0.774. The van der Waals surface area contributed by atoms with Crippen LogP contribution in [0.2, 0.25) is 0 Å². The zero-order valence-corrected chi connectivity index (χ0v) is 82.8. The quantitative estimate of drug-likeness (QED) is 0.0389. The van der Waals surface area contributed by atoms with Crippen LogP contribution in [-0.4, -0.2) is 324 Å². The lowest BCUT2D eigenvalue weighted by molar-refractivity contribution is -0.129. The van der Waals surface area contributed by atoms with Gasteiger partial charge in [0.05, 0.1) is 78.5 Å². The number of carbonyl (C=O) groups excluding carboxylic acids is 21. The first kappa shape index (κ1) is 129. The Labute approximate surface area is 791 Å². The number of unbranched alkanes of at least 4 members (excludes halogenated alkanes) is 18. The maximum Gasteiger partial charge on any atom is 0.234 e. The third kappa shape index (κ3) is 89.5. The molecule has 0 bridgehead atoms. The van der Waals surface area contributed by atoms with Gasteiger partial charge in [0, 0.05) is 199 Å². The minimum absolute atomic E-state index is 0.00425. The van der Waals surface area contributed by atoms with E-state index < -0.39 is 0 Å². The molecule has 0 fully saturated rings. The zero-order chi connectivity index (χ0) is 100. The molecule has 40 heteroatoms. The summed E-state index contributed by atoms with van der Waals surface area (Å²) in [5.41, 5.74) is 0. The van der Waals surface area contributed by atoms with Crippen molar-refractivity contribution in [3.8, 4) is 0 Å². The number of carbonyl (C=O) groups is 21. The van der Waals surface area contributed by atoms with Crippen molar-refractivity contribution in [2.24, 2.45) is 0 Å². The third-order valence-corrected chi connectivity index (χ3v) is 20.8. The highest BCUT2D eigenvalue weighted by Crippen LogP contribution is 2.12. The number of Topliss-reactive ketones (excluding diaryl/α,β-unsaturated/α-hetero) is 6. The molecule has 0 aromatic rings. The van der Waals surface area contributed by atoms with Crippen molar-refractivity contribution in [3.05, 3.63) is 0 Å². The van der Waals surface area contributed by atoms with E-state index in [1.54, 1.807) is 70.8 Å². The number of hydrogen-bond acceptors (Lipinski definition) is 25. The number of ketones is 6. The van der Waals surface area contributed by atoms with Gasteiger partial charge in [0.2, 0.25) is 88.6 Å². The van der Waals surface area contributed by atoms with Gasteiger partial charge in [-0.3, -0.25) is 120 Å². The van der Waals surface area contributed by atoms with Crippen LogP contribution in [0.4, 0.5) is 0 Å². The van der Waals surface area contributed by atoms with Crippen molar-refractivity contribution < 1.29 is 101 Å². The Morgan fingerprint density at radius 3 is 0.504 bits per heavy atom. The first-order valence-corrected chi connectivity index (χ1v) is 48.1. The highest BCUT2D eigenvalue weighted by atomic mass is 16.2. The number of nitrogens with zero attached hydrogens (tertiary/aromatic N) is 4. The normalized spacial score (nSPS) is 10.6. The number of hydrogen-bond donors (Lipinski definition) is 15. The van der Waals surface area contributed by atoms with Gasteiger partial charge in [-0.15, -0.1) is 0 Å². The van der Waals surface area contributed by atoms with E-state index in [4.69, 9.17) is 0 Å². The lowest BCUT2D eigenvalue weighted by atomic mass is 10.1. The monoisotopic (exact) mass is 1890 g/mol. The second-order valence-electron chi connectivity index (χ2n) is 32.6. The van der Waals surface area contributed by atoms with Crippen LogP contribution in [0, 0.1) is 0 Å². The van der Waals surface area contributed by atoms with E-state index in [1.165, 1.54) is 26.0 Å². The summed E-state index contributed by atoms with van der Waals surface area (Å²) >= 11 is 0. The minimum atomic E-state index is -0.350. The van der Waals surface area contributed by atoms with Crippen LogP contribution in [0.25, 0.3) is 0 Å². The smallest absolute Gasteiger partial charge is 0.234 e. The van der Waals surface area contributed by atoms with Crippen LogP contribution >= 0.6 is 0 Å². The van der Waals surface area contributed by atoms with E-state index in [2.05, 4.69) is 79.8 Å². The molecule has 0 unspecified atom stereocenters. The molecular formula is C93H171N19O21. The lowest BCUT2D eigenvalue weighted by Gasteiger charge is -2.21. The topological polar surface area (TPSA) is 552 Å². The Kier molecular flexibility index (Phi) is 88.4. The summed E-state index contributed by atoms with van der Waals surface area (Å²) in [6.07, 6.45) is 27.6. The summed E-state index contributed by atoms with van der Waals surface area (Å²) in [6.45, 7) is 7.91. The van der Waals surface area contributed by atoms with Crippen LogP contribution in [0.15, 0.2) is 0 Å². The van der Waals surface area contributed by atoms with Crippen LogP contribution in [0.5, 0.6) is 0 Å². The minimum Gasteiger partial charge on any atom is -0.359 e. The van der Waals surface area contributed by atoms with Crippen LogP contribution in [0.1, 0.15) is 290 Å². The van der Waals surface area contributed by atoms with E-state index in [-0.39, 0.29) is 215 Å². The molecule has 0 aromatic carbocycles. The average Bonchev–Trinajstić information content (AvgIpc) is 0.929. The Hall–Kier alpha value is -10.1. The van der Waals surface area contributed by atoms with Gasteiger partial charge >= 0.3 is 0 Å². The Balaban J connectivity index is -0.000000869. The number of likely N-dealkylation sites (N-methyl/N-ethyl adjacent to an activating group) is 1. The standard InChI is InChI=1S/C32H59N5O6.C28H52N6O6.C22H40N6O6.C11H20N2O3/c1-4-27(38)18-12-6-5-7-13-19-28(39)24-37(25-31(42)35-22-16-10-8-14-20-29(40)33-2)26-32(43)36-23-17-11-9-15-21-30(41)34-3;1-29-24(36)15-9-5-4-8-14-23(35)20-34(21-27(39)32-18-12-6-10-16-25(37)30-2)22-28(40)33-19-13-7-11-17-26(38)31-3;1-23-18(30)9-5-4-8-17(29)14-28(15-21(33)26-12-6-10-19(31)24-2)16-22(34)27-13-7-11-20(32)25-3;1-4-9(14)6-13(7-10(15)5-2)8-11(16)12-3/h4-26H2,1-3H3,(H,33,40)(H,34,41)(H,35,42)(H,36,43);4-22H2,1-3H3,(H,29,36)(H,30,37)(H,31,38)(H,32,39)(H,33,40);4-16H2,1-3H3,(H,23,30)(H,24,31)(H,25,32)(H,26,33)(H,27,34);4-8H2,1-3H3,(H,12,16). The van der Waals surface area contributed by atoms with Gasteiger partial charge in [0.15, 0.2) is 0 Å². The summed E-state index contributed by atoms with van der Waals surface area (Å²) < 4.78 is 0. The predicted molar refractivity (Wildman–Crippen MR) is 511 cm³/mol. The maximum absolute atomic E-state index is 12.7. The molecule has 0 saturated carbocycles. The second kappa shape index (κ2) is 91.0. The maximum atomic E-state index is 12.7. The van der Waals surface area contributed by atoms with Crippen molar-refractivity contribution >= 4 is 123 Å². The summed E-state index contributed by atoms with van der Waals surface area (Å²) in [5, 5.41) is 39.8. The van der Waals surface area contributed by atoms with Crippen molar-refractivity contribution in [2.45, 2.75) is 290 Å². The summed E-state index contributed by atoms with van der Waals surface area (Å²) in [6, 6.07) is 0. The largest absolute Gasteiger partial charge is 0.359 e. The van der Waals surface area contributed by atoms with E-state index in [0.29, 0.717) is 154 Å². The molecule has 764 valence electrons. The fourth-order valence-electron chi connectivity index (χ4n) is 12.7. The lowest BCUT2D eigenvalue weighted by Crippen LogP contribution is -2.45. The van der Waals surface area contributed by atoms with Gasteiger partial charge in [0.1, 0.15) is 34.7 Å². The first-order valence-electron chi connectivity index (χ1n) is 48.1. The van der Waals surface area contributed by atoms with Crippen molar-refractivity contribution in [1.82, 2.24) is 99.4 Å². The highest BCUT2D eigenvalue weighted by molar-refractivity contribution is 5.89. The molecule has 0 aliphatic rings. The molecule has 40 nitrogen and oxygen atoms in total. The van der Waals surface area contributed by atoms with E-state index >= 15 is 0 Å². The number of nitrogens with one attached hydrogen (secondary N) is 15. The van der Waals surface area contributed by atoms with Gasteiger partial charge in [-0.25, -0.2) is 0 Å². The van der Waals surface area contributed by atoms with E-state index in [0.717, 1.165) is 141 Å². The number of rotatable bonds is 81. The molecule has 0 aromatic heterocycles. The van der Waals surface area contributed by atoms with Gasteiger partial charge in [-0.2, -0.15) is 0 Å². The molecule has 0 rings (SSSR count). The van der Waals surface area contributed by atoms with Gasteiger partial charge in [-0.1, -0.05) is 91.4 Å². The van der Waals surface area contributed by atoms with Crippen LogP contribution < -0.4 is 79.8 Å². The Morgan fingerprint density at radius 1 is 0.143 bits per heavy atom. The molecular weight excluding hydrogens is 1720 g/mol. The van der Waals surface area contributed by atoms with E-state index in [1.807, 2.05) is 6.92 Å². The molecule has 0 saturated heterocycles. The summed E-state index contributed by atoms with van der Waals surface area (Å²) in [4.78, 5) is 254. The first-order chi connectivity index (χ1) is 63.7. The van der Waals surface area contributed by atoms with Gasteiger partial charge < -0.3 is 79.8 Å². The molecule has 15 N–H and O–H groups in total. The highest BCUT2D eigenvalue weighted by Gasteiger charge is 2.23. The van der Waals surface area contributed by atoms with Crippen molar-refractivity contribution in [1.29, 1.82) is 0 Å². The predicted octanol–water partition coefficient (Wildman–Crippen LogP) is 2.42. The zero-order valence-electron chi connectivity index (χ0n) is 82.8.